The Hall–Kier alpha value is -4.54. The Morgan fingerprint density at radius 2 is 2.07 bits per heavy atom. The Bertz CT molecular complexity index is 1590. The highest BCUT2D eigenvalue weighted by atomic mass is 32.2. The zero-order chi connectivity index (χ0) is 30.4. The van der Waals surface area contributed by atoms with Crippen molar-refractivity contribution in [3.8, 4) is 5.75 Å². The molecular weight excluding hydrogens is 566 g/mol. The summed E-state index contributed by atoms with van der Waals surface area (Å²) in [4.78, 5) is 34.5. The van der Waals surface area contributed by atoms with E-state index in [1.54, 1.807) is 28.9 Å². The van der Waals surface area contributed by atoms with E-state index in [0.717, 1.165) is 12.8 Å². The predicted octanol–water partition coefficient (Wildman–Crippen LogP) is 1.20. The largest absolute Gasteiger partial charge is 0.495 e. The van der Waals surface area contributed by atoms with Gasteiger partial charge < -0.3 is 31.1 Å². The van der Waals surface area contributed by atoms with Crippen molar-refractivity contribution in [3.05, 3.63) is 54.5 Å². The lowest BCUT2D eigenvalue weighted by Gasteiger charge is -2.32. The molecule has 2 amide bonds. The average Bonchev–Trinajstić information content (AvgIpc) is 3.45. The van der Waals surface area contributed by atoms with Crippen LogP contribution >= 0.6 is 0 Å². The predicted molar refractivity (Wildman–Crippen MR) is 154 cm³/mol. The number of hydrogen-bond acceptors (Lipinski definition) is 11. The minimum atomic E-state index is -3.90. The van der Waals surface area contributed by atoms with Crippen molar-refractivity contribution in [2.75, 3.05) is 44.0 Å². The minimum absolute atomic E-state index is 0.00495. The second kappa shape index (κ2) is 13.0. The minimum Gasteiger partial charge on any atom is -0.495 e. The lowest BCUT2D eigenvalue weighted by Crippen LogP contribution is -2.39. The molecule has 0 radical (unpaired) electrons. The Morgan fingerprint density at radius 3 is 2.76 bits per heavy atom. The van der Waals surface area contributed by atoms with Gasteiger partial charge in [0.2, 0.25) is 21.9 Å². The number of nitrogens with two attached hydrogens (primary N) is 1. The van der Waals surface area contributed by atoms with Crippen molar-refractivity contribution in [3.63, 3.8) is 0 Å². The van der Waals surface area contributed by atoms with Crippen molar-refractivity contribution >= 4 is 45.0 Å². The highest BCUT2D eigenvalue weighted by Crippen LogP contribution is 2.35. The molecule has 224 valence electrons. The Labute approximate surface area is 242 Å². The summed E-state index contributed by atoms with van der Waals surface area (Å²) < 4.78 is 34.7. The van der Waals surface area contributed by atoms with Gasteiger partial charge in [-0.15, -0.1) is 0 Å². The van der Waals surface area contributed by atoms with Gasteiger partial charge in [-0.1, -0.05) is 6.58 Å². The van der Waals surface area contributed by atoms with Gasteiger partial charge in [-0.2, -0.15) is 10.1 Å². The van der Waals surface area contributed by atoms with Crippen LogP contribution in [0.5, 0.6) is 5.75 Å². The molecule has 1 unspecified atom stereocenters. The first-order valence-corrected chi connectivity index (χ1v) is 14.5. The molecule has 0 saturated carbocycles. The van der Waals surface area contributed by atoms with Crippen LogP contribution < -0.4 is 25.8 Å². The number of aromatic nitrogens is 4. The van der Waals surface area contributed by atoms with Gasteiger partial charge >= 0.3 is 0 Å². The van der Waals surface area contributed by atoms with Gasteiger partial charge in [-0.25, -0.2) is 18.1 Å². The van der Waals surface area contributed by atoms with E-state index in [-0.39, 0.29) is 53.1 Å². The number of nitrogens with zero attached hydrogens (tertiary/aromatic N) is 5. The fraction of sp³-hybridized carbons (Fsp3) is 0.346. The Balaban J connectivity index is 1.59. The monoisotopic (exact) mass is 599 g/mol. The molecule has 0 spiro atoms. The van der Waals surface area contributed by atoms with E-state index in [1.165, 1.54) is 31.5 Å². The molecule has 4 rings (SSSR count). The van der Waals surface area contributed by atoms with Crippen LogP contribution in [0.3, 0.4) is 0 Å². The van der Waals surface area contributed by atoms with Crippen molar-refractivity contribution in [2.45, 2.75) is 30.7 Å². The van der Waals surface area contributed by atoms with Gasteiger partial charge in [0.05, 0.1) is 42.2 Å². The second-order valence-electron chi connectivity index (χ2n) is 9.50. The molecule has 6 N–H and O–H groups in total. The fourth-order valence-corrected chi connectivity index (χ4v) is 5.65. The third-order valence-electron chi connectivity index (χ3n) is 6.62. The number of primary amides is 1. The van der Waals surface area contributed by atoms with E-state index in [2.05, 4.69) is 37.0 Å². The molecule has 1 atom stereocenters. The summed E-state index contributed by atoms with van der Waals surface area (Å²) in [5.41, 5.74) is 6.97. The standard InChI is InChI=1S/C26H33N9O6S/c1-4-22(37)34-8-5-6-18(15-34)35-14-17(12-29-35)31-26-28-13-20(24(27)38)25(33-26)32-23-16(2)10-19(11-21(23)41-3)42(39,40)30-7-9-36/h4,10-14,18,30,36H,1,5-9,15H2,2-3H3,(H2,27,38)(H2,28,31,32,33). The lowest BCUT2D eigenvalue weighted by molar-refractivity contribution is -0.127. The van der Waals surface area contributed by atoms with Gasteiger partial charge in [0.15, 0.2) is 0 Å². The van der Waals surface area contributed by atoms with Crippen molar-refractivity contribution in [1.82, 2.24) is 29.4 Å². The lowest BCUT2D eigenvalue weighted by atomic mass is 10.1. The van der Waals surface area contributed by atoms with Gasteiger partial charge in [-0.3, -0.25) is 14.3 Å². The van der Waals surface area contributed by atoms with Crippen LogP contribution in [0.2, 0.25) is 0 Å². The molecule has 0 bridgehead atoms. The number of aliphatic hydroxyl groups is 1. The maximum atomic E-state index is 12.6. The van der Waals surface area contributed by atoms with Crippen LogP contribution in [0.1, 0.15) is 34.8 Å². The number of amides is 2. The van der Waals surface area contributed by atoms with Crippen molar-refractivity contribution < 1.29 is 27.9 Å². The molecule has 42 heavy (non-hydrogen) atoms. The second-order valence-corrected chi connectivity index (χ2v) is 11.3. The summed E-state index contributed by atoms with van der Waals surface area (Å²) in [6.07, 6.45) is 7.66. The van der Waals surface area contributed by atoms with E-state index in [4.69, 9.17) is 15.6 Å². The number of ether oxygens (including phenoxy) is 1. The number of nitrogens with one attached hydrogen (secondary N) is 3. The zero-order valence-electron chi connectivity index (χ0n) is 23.2. The molecule has 16 heteroatoms. The van der Waals surface area contributed by atoms with Crippen molar-refractivity contribution in [2.24, 2.45) is 5.73 Å². The maximum absolute atomic E-state index is 12.6. The summed E-state index contributed by atoms with van der Waals surface area (Å²) >= 11 is 0. The van der Waals surface area contributed by atoms with Crippen LogP contribution in [0.15, 0.2) is 48.3 Å². The third-order valence-corrected chi connectivity index (χ3v) is 8.06. The summed E-state index contributed by atoms with van der Waals surface area (Å²) in [7, 11) is -2.53. The van der Waals surface area contributed by atoms with Crippen LogP contribution in [0, 0.1) is 6.92 Å². The SMILES string of the molecule is C=CC(=O)N1CCCC(n2cc(Nc3ncc(C(N)=O)c(Nc4c(C)cc(S(=O)(=O)NCCO)cc4OC)n3)cn2)C1. The van der Waals surface area contributed by atoms with Crippen molar-refractivity contribution in [1.29, 1.82) is 0 Å². The molecule has 2 aromatic heterocycles. The number of hydrogen-bond donors (Lipinski definition) is 5. The number of piperidine rings is 1. The average molecular weight is 600 g/mol. The molecule has 3 aromatic rings. The number of aryl methyl sites for hydroxylation is 1. The third kappa shape index (κ3) is 6.84. The Morgan fingerprint density at radius 1 is 1.29 bits per heavy atom. The topological polar surface area (TPSA) is 207 Å². The molecule has 1 fully saturated rings. The van der Waals surface area contributed by atoms with Crippen LogP contribution in [0.4, 0.5) is 23.1 Å². The van der Waals surface area contributed by atoms with E-state index in [1.807, 2.05) is 0 Å². The number of sulfonamides is 1. The first kappa shape index (κ1) is 30.4. The Kier molecular flexibility index (Phi) is 9.39. The van der Waals surface area contributed by atoms with Crippen LogP contribution in [-0.4, -0.2) is 83.3 Å². The smallest absolute Gasteiger partial charge is 0.254 e. The number of aliphatic hydroxyl groups excluding tert-OH is 1. The number of anilines is 4. The van der Waals surface area contributed by atoms with E-state index in [0.29, 0.717) is 30.0 Å². The number of rotatable bonds is 12. The number of methoxy groups -OCH3 is 1. The molecule has 1 aromatic carbocycles. The summed E-state index contributed by atoms with van der Waals surface area (Å²) in [6.45, 7) is 5.91. The van der Waals surface area contributed by atoms with Gasteiger partial charge in [0.25, 0.3) is 5.91 Å². The molecule has 3 heterocycles. The number of benzene rings is 1. The molecule has 15 nitrogen and oxygen atoms in total. The normalized spacial score (nSPS) is 15.2. The molecule has 0 aliphatic carbocycles. The fourth-order valence-electron chi connectivity index (χ4n) is 4.53. The maximum Gasteiger partial charge on any atom is 0.254 e. The van der Waals surface area contributed by atoms with E-state index in [9.17, 15) is 18.0 Å². The summed E-state index contributed by atoms with van der Waals surface area (Å²) in [5.74, 6) is -0.529. The molecule has 1 aliphatic heterocycles. The van der Waals surface area contributed by atoms with Crippen LogP contribution in [-0.2, 0) is 14.8 Å². The first-order valence-electron chi connectivity index (χ1n) is 13.0. The zero-order valence-corrected chi connectivity index (χ0v) is 24.0. The number of carbonyl (C=O) groups is 2. The van der Waals surface area contributed by atoms with Crippen LogP contribution in [0.25, 0.3) is 0 Å². The van der Waals surface area contributed by atoms with E-state index < -0.39 is 15.9 Å². The quantitative estimate of drug-likeness (QED) is 0.187. The van der Waals surface area contributed by atoms with Gasteiger partial charge in [-0.05, 0) is 37.5 Å². The number of likely N-dealkylation sites (tertiary alicyclic amines) is 1. The molecular formula is C26H33N9O6S. The van der Waals surface area contributed by atoms with Gasteiger partial charge in [0, 0.05) is 38.1 Å². The van der Waals surface area contributed by atoms with Gasteiger partial charge in [0.1, 0.15) is 17.1 Å². The highest BCUT2D eigenvalue weighted by molar-refractivity contribution is 7.89. The molecule has 1 aliphatic rings. The molecule has 1 saturated heterocycles. The summed E-state index contributed by atoms with van der Waals surface area (Å²) in [5, 5.41) is 19.5. The highest BCUT2D eigenvalue weighted by Gasteiger charge is 2.25. The number of carbonyl (C=O) groups excluding carboxylic acids is 2. The van der Waals surface area contributed by atoms with E-state index >= 15 is 0 Å². The first-order chi connectivity index (χ1) is 20.1. The summed E-state index contributed by atoms with van der Waals surface area (Å²) in [6, 6.07) is 2.72.